The molecule has 1 aliphatic rings. The number of hydrogen-bond donors (Lipinski definition) is 1. The molecule has 1 saturated carbocycles. The van der Waals surface area contributed by atoms with Crippen molar-refractivity contribution in [2.45, 2.75) is 64.8 Å². The van der Waals surface area contributed by atoms with Crippen LogP contribution in [0.1, 0.15) is 58.8 Å². The summed E-state index contributed by atoms with van der Waals surface area (Å²) in [7, 11) is 0. The Hall–Kier alpha value is -0.0400. The van der Waals surface area contributed by atoms with Gasteiger partial charge >= 0.3 is 0 Å². The molecule has 1 aliphatic carbocycles. The Bertz CT molecular complexity index is 123. The van der Waals surface area contributed by atoms with Gasteiger partial charge in [0.05, 0.1) is 0 Å². The number of nitrogens with two attached hydrogens (primary N) is 1. The molecule has 2 N–H and O–H groups in total. The molecule has 1 heteroatoms. The first-order chi connectivity index (χ1) is 6.22. The second-order valence-corrected chi connectivity index (χ2v) is 4.93. The Kier molecular flexibility index (Phi) is 4.79. The largest absolute Gasteiger partial charge is 0.327 e. The number of rotatable bonds is 2. The first-order valence-corrected chi connectivity index (χ1v) is 5.97. The zero-order valence-corrected chi connectivity index (χ0v) is 9.26. The van der Waals surface area contributed by atoms with E-state index in [2.05, 4.69) is 13.8 Å². The smallest absolute Gasteiger partial charge is 0.00903 e. The molecule has 0 bridgehead atoms. The van der Waals surface area contributed by atoms with Crippen LogP contribution in [0.4, 0.5) is 0 Å². The van der Waals surface area contributed by atoms with Gasteiger partial charge in [0.2, 0.25) is 0 Å². The molecular formula is C12H25N. The van der Waals surface area contributed by atoms with E-state index < -0.39 is 0 Å². The van der Waals surface area contributed by atoms with E-state index >= 15 is 0 Å². The third-order valence-corrected chi connectivity index (χ3v) is 3.46. The standard InChI is InChI=1S/C12H25N/c1-10(2)12(13)11-8-6-4-3-5-7-9-11/h10-12H,3-9,13H2,1-2H3. The molecule has 1 unspecified atom stereocenters. The average Bonchev–Trinajstić information content (AvgIpc) is 2.02. The van der Waals surface area contributed by atoms with E-state index in [-0.39, 0.29) is 0 Å². The Morgan fingerprint density at radius 2 is 1.38 bits per heavy atom. The van der Waals surface area contributed by atoms with Gasteiger partial charge < -0.3 is 5.73 Å². The summed E-state index contributed by atoms with van der Waals surface area (Å²) in [4.78, 5) is 0. The zero-order valence-electron chi connectivity index (χ0n) is 9.26. The van der Waals surface area contributed by atoms with Gasteiger partial charge in [0.1, 0.15) is 0 Å². The second kappa shape index (κ2) is 5.64. The highest BCUT2D eigenvalue weighted by Crippen LogP contribution is 2.26. The highest BCUT2D eigenvalue weighted by molar-refractivity contribution is 4.77. The quantitative estimate of drug-likeness (QED) is 0.698. The lowest BCUT2D eigenvalue weighted by atomic mass is 9.82. The summed E-state index contributed by atoms with van der Waals surface area (Å²) in [5.74, 6) is 1.46. The van der Waals surface area contributed by atoms with Crippen LogP contribution in [-0.4, -0.2) is 6.04 Å². The molecule has 0 saturated heterocycles. The van der Waals surface area contributed by atoms with Crippen molar-refractivity contribution in [3.63, 3.8) is 0 Å². The molecule has 0 spiro atoms. The maximum Gasteiger partial charge on any atom is 0.00903 e. The molecule has 0 aromatic carbocycles. The molecule has 0 radical (unpaired) electrons. The van der Waals surface area contributed by atoms with Crippen molar-refractivity contribution in [1.82, 2.24) is 0 Å². The Balaban J connectivity index is 2.36. The zero-order chi connectivity index (χ0) is 9.68. The van der Waals surface area contributed by atoms with Crippen LogP contribution in [0.2, 0.25) is 0 Å². The normalized spacial score (nSPS) is 24.0. The Labute approximate surface area is 83.1 Å². The highest BCUT2D eigenvalue weighted by Gasteiger charge is 2.20. The summed E-state index contributed by atoms with van der Waals surface area (Å²) in [6.45, 7) is 4.51. The maximum atomic E-state index is 6.21. The summed E-state index contributed by atoms with van der Waals surface area (Å²) in [5.41, 5.74) is 6.21. The summed E-state index contributed by atoms with van der Waals surface area (Å²) in [6.07, 6.45) is 9.88. The van der Waals surface area contributed by atoms with Gasteiger partial charge in [-0.2, -0.15) is 0 Å². The van der Waals surface area contributed by atoms with Gasteiger partial charge in [-0.05, 0) is 24.7 Å². The molecule has 1 nitrogen and oxygen atoms in total. The van der Waals surface area contributed by atoms with Gasteiger partial charge in [-0.3, -0.25) is 0 Å². The lowest BCUT2D eigenvalue weighted by Gasteiger charge is -2.28. The van der Waals surface area contributed by atoms with Crippen LogP contribution in [0.5, 0.6) is 0 Å². The third kappa shape index (κ3) is 3.68. The minimum atomic E-state index is 0.443. The summed E-state index contributed by atoms with van der Waals surface area (Å²) in [5, 5.41) is 0. The molecule has 0 aromatic rings. The average molecular weight is 183 g/mol. The van der Waals surface area contributed by atoms with Crippen molar-refractivity contribution in [1.29, 1.82) is 0 Å². The summed E-state index contributed by atoms with van der Waals surface area (Å²) in [6, 6.07) is 0.443. The summed E-state index contributed by atoms with van der Waals surface area (Å²) < 4.78 is 0. The molecular weight excluding hydrogens is 158 g/mol. The minimum absolute atomic E-state index is 0.443. The highest BCUT2D eigenvalue weighted by atomic mass is 14.7. The maximum absolute atomic E-state index is 6.21. The van der Waals surface area contributed by atoms with Crippen LogP contribution in [-0.2, 0) is 0 Å². The Morgan fingerprint density at radius 1 is 0.923 bits per heavy atom. The van der Waals surface area contributed by atoms with Gasteiger partial charge in [-0.1, -0.05) is 46.0 Å². The van der Waals surface area contributed by atoms with Crippen LogP contribution in [0.25, 0.3) is 0 Å². The van der Waals surface area contributed by atoms with E-state index in [1.54, 1.807) is 0 Å². The molecule has 0 heterocycles. The lowest BCUT2D eigenvalue weighted by Crippen LogP contribution is -2.35. The van der Waals surface area contributed by atoms with E-state index in [0.29, 0.717) is 12.0 Å². The van der Waals surface area contributed by atoms with Crippen molar-refractivity contribution in [3.8, 4) is 0 Å². The van der Waals surface area contributed by atoms with Crippen molar-refractivity contribution in [2.75, 3.05) is 0 Å². The van der Waals surface area contributed by atoms with E-state index in [1.165, 1.54) is 44.9 Å². The molecule has 0 amide bonds. The molecule has 13 heavy (non-hydrogen) atoms. The monoisotopic (exact) mass is 183 g/mol. The molecule has 0 aliphatic heterocycles. The van der Waals surface area contributed by atoms with Crippen LogP contribution in [0.15, 0.2) is 0 Å². The van der Waals surface area contributed by atoms with Crippen molar-refractivity contribution >= 4 is 0 Å². The van der Waals surface area contributed by atoms with E-state index in [0.717, 1.165) is 5.92 Å². The van der Waals surface area contributed by atoms with Crippen LogP contribution < -0.4 is 5.73 Å². The molecule has 78 valence electrons. The fourth-order valence-corrected chi connectivity index (χ4v) is 2.42. The molecule has 1 rings (SSSR count). The fourth-order valence-electron chi connectivity index (χ4n) is 2.42. The second-order valence-electron chi connectivity index (χ2n) is 4.93. The van der Waals surface area contributed by atoms with Gasteiger partial charge in [0.15, 0.2) is 0 Å². The van der Waals surface area contributed by atoms with Crippen LogP contribution >= 0.6 is 0 Å². The van der Waals surface area contributed by atoms with Crippen molar-refractivity contribution < 1.29 is 0 Å². The van der Waals surface area contributed by atoms with Gasteiger partial charge in [0.25, 0.3) is 0 Å². The van der Waals surface area contributed by atoms with E-state index in [4.69, 9.17) is 5.73 Å². The predicted molar refractivity (Wildman–Crippen MR) is 58.6 cm³/mol. The fraction of sp³-hybridized carbons (Fsp3) is 1.00. The van der Waals surface area contributed by atoms with Crippen LogP contribution in [0, 0.1) is 11.8 Å². The van der Waals surface area contributed by atoms with Crippen molar-refractivity contribution in [3.05, 3.63) is 0 Å². The minimum Gasteiger partial charge on any atom is -0.327 e. The molecule has 0 aromatic heterocycles. The first-order valence-electron chi connectivity index (χ1n) is 5.97. The molecule has 1 fully saturated rings. The van der Waals surface area contributed by atoms with E-state index in [1.807, 2.05) is 0 Å². The van der Waals surface area contributed by atoms with E-state index in [9.17, 15) is 0 Å². The van der Waals surface area contributed by atoms with Gasteiger partial charge in [-0.15, -0.1) is 0 Å². The van der Waals surface area contributed by atoms with Crippen LogP contribution in [0.3, 0.4) is 0 Å². The number of hydrogen-bond acceptors (Lipinski definition) is 1. The first kappa shape index (κ1) is 11.0. The predicted octanol–water partition coefficient (Wildman–Crippen LogP) is 3.33. The lowest BCUT2D eigenvalue weighted by molar-refractivity contribution is 0.278. The van der Waals surface area contributed by atoms with Crippen molar-refractivity contribution in [2.24, 2.45) is 17.6 Å². The van der Waals surface area contributed by atoms with Gasteiger partial charge in [0, 0.05) is 6.04 Å². The van der Waals surface area contributed by atoms with Gasteiger partial charge in [-0.25, -0.2) is 0 Å². The molecule has 1 atom stereocenters. The SMILES string of the molecule is CC(C)C(N)C1CCCCCCC1. The topological polar surface area (TPSA) is 26.0 Å². The Morgan fingerprint density at radius 3 is 1.85 bits per heavy atom. The summed E-state index contributed by atoms with van der Waals surface area (Å²) >= 11 is 0. The third-order valence-electron chi connectivity index (χ3n) is 3.46.